The zero-order valence-corrected chi connectivity index (χ0v) is 17.3. The minimum atomic E-state index is -0.152. The molecular weight excluding hydrogens is 360 g/mol. The molecule has 0 unspecified atom stereocenters. The lowest BCUT2D eigenvalue weighted by Gasteiger charge is -2.22. The fourth-order valence-electron chi connectivity index (χ4n) is 2.70. The number of hydrogen-bond donors (Lipinski definition) is 1. The molecule has 0 aliphatic heterocycles. The van der Waals surface area contributed by atoms with Crippen molar-refractivity contribution < 1.29 is 9.59 Å². The third-order valence-corrected chi connectivity index (χ3v) is 4.86. The first-order valence-electron chi connectivity index (χ1n) is 9.37. The highest BCUT2D eigenvalue weighted by Gasteiger charge is 2.16. The Morgan fingerprint density at radius 3 is 2.67 bits per heavy atom. The van der Waals surface area contributed by atoms with Crippen LogP contribution in [0.15, 0.2) is 24.3 Å². The number of nitrogens with zero attached hydrogens (tertiary/aromatic N) is 3. The highest BCUT2D eigenvalue weighted by molar-refractivity contribution is 7.18. The molecule has 0 spiro atoms. The maximum Gasteiger partial charge on any atom is 0.227 e. The summed E-state index contributed by atoms with van der Waals surface area (Å²) in [5.41, 5.74) is 2.14. The fraction of sp³-hybridized carbons (Fsp3) is 0.500. The van der Waals surface area contributed by atoms with Crippen molar-refractivity contribution in [2.75, 3.05) is 18.4 Å². The summed E-state index contributed by atoms with van der Waals surface area (Å²) in [5.74, 6) is 0.268. The van der Waals surface area contributed by atoms with Crippen molar-refractivity contribution in [1.29, 1.82) is 0 Å². The summed E-state index contributed by atoms with van der Waals surface area (Å²) >= 11 is 1.35. The van der Waals surface area contributed by atoms with E-state index in [-0.39, 0.29) is 18.2 Å². The van der Waals surface area contributed by atoms with Crippen LogP contribution >= 0.6 is 11.3 Å². The number of benzene rings is 1. The maximum absolute atomic E-state index is 12.3. The predicted molar refractivity (Wildman–Crippen MR) is 110 cm³/mol. The van der Waals surface area contributed by atoms with Crippen LogP contribution in [0.1, 0.15) is 45.6 Å². The minimum absolute atomic E-state index is 0.109. The molecule has 1 N–H and O–H groups in total. The van der Waals surface area contributed by atoms with E-state index in [2.05, 4.69) is 15.5 Å². The highest BCUT2D eigenvalue weighted by atomic mass is 32.1. The van der Waals surface area contributed by atoms with Crippen LogP contribution in [0.4, 0.5) is 5.13 Å². The largest absolute Gasteiger partial charge is 0.342 e. The first-order valence-corrected chi connectivity index (χ1v) is 10.2. The molecule has 7 heteroatoms. The number of hydrogen-bond acceptors (Lipinski definition) is 5. The zero-order chi connectivity index (χ0) is 19.8. The number of aryl methyl sites for hydroxylation is 1. The molecule has 6 nitrogen and oxygen atoms in total. The van der Waals surface area contributed by atoms with E-state index >= 15 is 0 Å². The molecule has 0 bridgehead atoms. The molecule has 2 amide bonds. The number of aromatic nitrogens is 2. The number of nitrogens with one attached hydrogen (secondary N) is 1. The topological polar surface area (TPSA) is 75.2 Å². The third kappa shape index (κ3) is 6.75. The van der Waals surface area contributed by atoms with Gasteiger partial charge in [-0.3, -0.25) is 9.59 Å². The van der Waals surface area contributed by atoms with Crippen molar-refractivity contribution in [1.82, 2.24) is 15.1 Å². The number of carbonyl (C=O) groups is 2. The monoisotopic (exact) mass is 388 g/mol. The van der Waals surface area contributed by atoms with Crippen LogP contribution in [0.5, 0.6) is 0 Å². The second kappa shape index (κ2) is 10.2. The number of carbonyl (C=O) groups excluding carboxylic acids is 2. The molecule has 27 heavy (non-hydrogen) atoms. The second-order valence-electron chi connectivity index (χ2n) is 7.06. The Morgan fingerprint density at radius 2 is 2.00 bits per heavy atom. The summed E-state index contributed by atoms with van der Waals surface area (Å²) in [6, 6.07) is 8.01. The Hall–Kier alpha value is -2.28. The number of amides is 2. The Morgan fingerprint density at radius 1 is 1.22 bits per heavy atom. The van der Waals surface area contributed by atoms with Gasteiger partial charge in [-0.05, 0) is 25.3 Å². The van der Waals surface area contributed by atoms with Crippen molar-refractivity contribution in [2.45, 2.75) is 47.0 Å². The van der Waals surface area contributed by atoms with Gasteiger partial charge in [-0.25, -0.2) is 0 Å². The lowest BCUT2D eigenvalue weighted by molar-refractivity contribution is -0.132. The number of anilines is 1. The van der Waals surface area contributed by atoms with E-state index in [0.29, 0.717) is 30.6 Å². The Bertz CT molecular complexity index is 773. The van der Waals surface area contributed by atoms with Gasteiger partial charge < -0.3 is 10.2 Å². The van der Waals surface area contributed by atoms with Crippen molar-refractivity contribution in [3.05, 3.63) is 29.8 Å². The van der Waals surface area contributed by atoms with Crippen LogP contribution in [-0.2, 0) is 9.59 Å². The highest BCUT2D eigenvalue weighted by Crippen LogP contribution is 2.26. The van der Waals surface area contributed by atoms with Gasteiger partial charge in [0.2, 0.25) is 16.9 Å². The van der Waals surface area contributed by atoms with E-state index in [1.807, 2.05) is 52.0 Å². The first-order chi connectivity index (χ1) is 12.9. The van der Waals surface area contributed by atoms with Crippen molar-refractivity contribution >= 4 is 28.3 Å². The van der Waals surface area contributed by atoms with E-state index < -0.39 is 0 Å². The number of rotatable bonds is 9. The van der Waals surface area contributed by atoms with Gasteiger partial charge in [0, 0.05) is 31.5 Å². The molecule has 0 radical (unpaired) electrons. The van der Waals surface area contributed by atoms with Crippen LogP contribution in [0.25, 0.3) is 10.6 Å². The molecule has 0 atom stereocenters. The molecule has 1 aromatic heterocycles. The fourth-order valence-corrected chi connectivity index (χ4v) is 3.45. The summed E-state index contributed by atoms with van der Waals surface area (Å²) in [6.45, 7) is 9.20. The molecule has 146 valence electrons. The summed E-state index contributed by atoms with van der Waals surface area (Å²) < 4.78 is 0. The molecule has 0 aliphatic carbocycles. The van der Waals surface area contributed by atoms with Crippen LogP contribution < -0.4 is 5.32 Å². The smallest absolute Gasteiger partial charge is 0.227 e. The summed E-state index contributed by atoms with van der Waals surface area (Å²) in [6.07, 6.45) is 1.64. The van der Waals surface area contributed by atoms with Gasteiger partial charge >= 0.3 is 0 Å². The Balaban J connectivity index is 1.90. The van der Waals surface area contributed by atoms with E-state index in [4.69, 9.17) is 0 Å². The summed E-state index contributed by atoms with van der Waals surface area (Å²) in [5, 5.41) is 12.3. The molecular formula is C20H28N4O2S. The van der Waals surface area contributed by atoms with E-state index in [9.17, 15) is 9.59 Å². The minimum Gasteiger partial charge on any atom is -0.342 e. The summed E-state index contributed by atoms with van der Waals surface area (Å²) in [7, 11) is 0. The van der Waals surface area contributed by atoms with Gasteiger partial charge in [0.1, 0.15) is 5.01 Å². The van der Waals surface area contributed by atoms with E-state index in [1.54, 1.807) is 4.90 Å². The maximum atomic E-state index is 12.3. The van der Waals surface area contributed by atoms with Gasteiger partial charge in [-0.15, -0.1) is 10.2 Å². The molecule has 1 heterocycles. The van der Waals surface area contributed by atoms with Gasteiger partial charge in [0.25, 0.3) is 0 Å². The second-order valence-corrected chi connectivity index (χ2v) is 8.04. The first kappa shape index (κ1) is 21.0. The van der Waals surface area contributed by atoms with Gasteiger partial charge in [0.15, 0.2) is 0 Å². The Kier molecular flexibility index (Phi) is 7.91. The van der Waals surface area contributed by atoms with Crippen LogP contribution in [0, 0.1) is 12.8 Å². The lowest BCUT2D eigenvalue weighted by atomic mass is 10.1. The standard InChI is InChI=1S/C20H28N4O2S/c1-5-10-24(18(26)12-14(2)3)11-9-17(25)21-20-23-22-19(27-20)16-8-6-7-15(4)13-16/h6-8,13-14H,5,9-12H2,1-4H3,(H,21,23,25). The molecule has 0 fully saturated rings. The average molecular weight is 389 g/mol. The van der Waals surface area contributed by atoms with Crippen molar-refractivity contribution in [3.63, 3.8) is 0 Å². The predicted octanol–water partition coefficient (Wildman–Crippen LogP) is 4.13. The van der Waals surface area contributed by atoms with Crippen LogP contribution in [0.2, 0.25) is 0 Å². The zero-order valence-electron chi connectivity index (χ0n) is 16.5. The Labute approximate surface area is 165 Å². The van der Waals surface area contributed by atoms with Crippen molar-refractivity contribution in [2.24, 2.45) is 5.92 Å². The van der Waals surface area contributed by atoms with Gasteiger partial charge in [0.05, 0.1) is 0 Å². The van der Waals surface area contributed by atoms with Crippen molar-refractivity contribution in [3.8, 4) is 10.6 Å². The average Bonchev–Trinajstić information content (AvgIpc) is 3.06. The third-order valence-electron chi connectivity index (χ3n) is 3.97. The van der Waals surface area contributed by atoms with E-state index in [0.717, 1.165) is 22.6 Å². The molecule has 2 aromatic rings. The van der Waals surface area contributed by atoms with Crippen LogP contribution in [-0.4, -0.2) is 40.0 Å². The summed E-state index contributed by atoms with van der Waals surface area (Å²) in [4.78, 5) is 26.3. The molecule has 2 rings (SSSR count). The van der Waals surface area contributed by atoms with Crippen LogP contribution in [0.3, 0.4) is 0 Å². The molecule has 0 aliphatic rings. The van der Waals surface area contributed by atoms with Gasteiger partial charge in [-0.1, -0.05) is 55.9 Å². The quantitative estimate of drug-likeness (QED) is 0.701. The normalized spacial score (nSPS) is 10.9. The molecule has 1 aromatic carbocycles. The molecule has 0 saturated heterocycles. The molecule has 0 saturated carbocycles. The SMILES string of the molecule is CCCN(CCC(=O)Nc1nnc(-c2cccc(C)c2)s1)C(=O)CC(C)C. The van der Waals surface area contributed by atoms with Gasteiger partial charge in [-0.2, -0.15) is 0 Å². The lowest BCUT2D eigenvalue weighted by Crippen LogP contribution is -2.35. The van der Waals surface area contributed by atoms with E-state index in [1.165, 1.54) is 11.3 Å².